The number of benzene rings is 1. The Morgan fingerprint density at radius 3 is 2.73 bits per heavy atom. The lowest BCUT2D eigenvalue weighted by Gasteiger charge is -2.11. The maximum atomic E-state index is 11.0. The van der Waals surface area contributed by atoms with Gasteiger partial charge in [0.2, 0.25) is 0 Å². The molecule has 0 fully saturated rings. The number of halogens is 1. The molecule has 82 valence electrons. The summed E-state index contributed by atoms with van der Waals surface area (Å²) in [6, 6.07) is 5.20. The maximum Gasteiger partial charge on any atom is 0.337 e. The molecular formula is C11H14BrNO2. The first-order chi connectivity index (χ1) is 7.00. The number of carboxylic acid groups (broad SMARTS) is 1. The Morgan fingerprint density at radius 1 is 1.53 bits per heavy atom. The Hall–Kier alpha value is -1.03. The molecule has 0 unspecified atom stereocenters. The summed E-state index contributed by atoms with van der Waals surface area (Å²) in [5, 5.41) is 12.1. The van der Waals surface area contributed by atoms with Gasteiger partial charge < -0.3 is 10.4 Å². The SMILES string of the molecule is CC(C)CNc1ccc(Br)cc1C(=O)O. The molecule has 2 N–H and O–H groups in total. The Balaban J connectivity index is 2.91. The van der Waals surface area contributed by atoms with Gasteiger partial charge in [0, 0.05) is 16.7 Å². The third kappa shape index (κ3) is 3.55. The van der Waals surface area contributed by atoms with Crippen molar-refractivity contribution in [2.24, 2.45) is 5.92 Å². The van der Waals surface area contributed by atoms with Gasteiger partial charge in [-0.25, -0.2) is 4.79 Å². The zero-order valence-corrected chi connectivity index (χ0v) is 10.3. The molecular weight excluding hydrogens is 258 g/mol. The molecule has 1 aromatic carbocycles. The van der Waals surface area contributed by atoms with E-state index >= 15 is 0 Å². The van der Waals surface area contributed by atoms with E-state index < -0.39 is 5.97 Å². The second-order valence-corrected chi connectivity index (χ2v) is 4.69. The third-order valence-corrected chi connectivity index (χ3v) is 2.41. The van der Waals surface area contributed by atoms with E-state index in [4.69, 9.17) is 5.11 Å². The molecule has 0 bridgehead atoms. The van der Waals surface area contributed by atoms with Crippen molar-refractivity contribution in [3.63, 3.8) is 0 Å². The van der Waals surface area contributed by atoms with Crippen LogP contribution >= 0.6 is 15.9 Å². The van der Waals surface area contributed by atoms with Crippen molar-refractivity contribution in [1.29, 1.82) is 0 Å². The monoisotopic (exact) mass is 271 g/mol. The van der Waals surface area contributed by atoms with Crippen LogP contribution in [0.4, 0.5) is 5.69 Å². The highest BCUT2D eigenvalue weighted by atomic mass is 79.9. The largest absolute Gasteiger partial charge is 0.478 e. The van der Waals surface area contributed by atoms with Crippen LogP contribution in [0.2, 0.25) is 0 Å². The standard InChI is InChI=1S/C11H14BrNO2/c1-7(2)6-13-10-4-3-8(12)5-9(10)11(14)15/h3-5,7,13H,6H2,1-2H3,(H,14,15). The number of hydrogen-bond acceptors (Lipinski definition) is 2. The minimum Gasteiger partial charge on any atom is -0.478 e. The summed E-state index contributed by atoms with van der Waals surface area (Å²) in [6.07, 6.45) is 0. The van der Waals surface area contributed by atoms with E-state index in [1.54, 1.807) is 12.1 Å². The van der Waals surface area contributed by atoms with Gasteiger partial charge in [-0.2, -0.15) is 0 Å². The van der Waals surface area contributed by atoms with Gasteiger partial charge in [0.15, 0.2) is 0 Å². The summed E-state index contributed by atoms with van der Waals surface area (Å²) < 4.78 is 0.773. The van der Waals surface area contributed by atoms with E-state index in [0.717, 1.165) is 11.0 Å². The molecule has 15 heavy (non-hydrogen) atoms. The zero-order chi connectivity index (χ0) is 11.4. The first kappa shape index (κ1) is 12.0. The molecule has 0 heterocycles. The first-order valence-corrected chi connectivity index (χ1v) is 5.56. The molecule has 0 atom stereocenters. The molecule has 0 aromatic heterocycles. The molecule has 0 amide bonds. The van der Waals surface area contributed by atoms with Gasteiger partial charge in [0.1, 0.15) is 0 Å². The fourth-order valence-electron chi connectivity index (χ4n) is 1.16. The maximum absolute atomic E-state index is 11.0. The average molecular weight is 272 g/mol. The minimum atomic E-state index is -0.914. The van der Waals surface area contributed by atoms with Crippen molar-refractivity contribution in [3.8, 4) is 0 Å². The van der Waals surface area contributed by atoms with Crippen LogP contribution in [0.5, 0.6) is 0 Å². The number of aromatic carboxylic acids is 1. The third-order valence-electron chi connectivity index (χ3n) is 1.91. The summed E-state index contributed by atoms with van der Waals surface area (Å²) in [4.78, 5) is 11.0. The van der Waals surface area contributed by atoms with Crippen LogP contribution < -0.4 is 5.32 Å². The molecule has 1 rings (SSSR count). The van der Waals surface area contributed by atoms with E-state index in [-0.39, 0.29) is 0 Å². The number of carbonyl (C=O) groups is 1. The lowest BCUT2D eigenvalue weighted by atomic mass is 10.1. The Morgan fingerprint density at radius 2 is 2.20 bits per heavy atom. The van der Waals surface area contributed by atoms with Crippen LogP contribution in [0.25, 0.3) is 0 Å². The predicted octanol–water partition coefficient (Wildman–Crippen LogP) is 3.22. The summed E-state index contributed by atoms with van der Waals surface area (Å²) in [5.41, 5.74) is 0.962. The Bertz CT molecular complexity index is 364. The van der Waals surface area contributed by atoms with Crippen LogP contribution in [-0.4, -0.2) is 17.6 Å². The topological polar surface area (TPSA) is 49.3 Å². The average Bonchev–Trinajstić information content (AvgIpc) is 2.15. The van der Waals surface area contributed by atoms with Gasteiger partial charge >= 0.3 is 5.97 Å². The zero-order valence-electron chi connectivity index (χ0n) is 8.75. The Kier molecular flexibility index (Phi) is 4.15. The van der Waals surface area contributed by atoms with Gasteiger partial charge in [0.05, 0.1) is 5.56 Å². The fourth-order valence-corrected chi connectivity index (χ4v) is 1.52. The normalized spacial score (nSPS) is 10.4. The highest BCUT2D eigenvalue weighted by Gasteiger charge is 2.10. The molecule has 0 aliphatic carbocycles. The van der Waals surface area contributed by atoms with Crippen molar-refractivity contribution >= 4 is 27.6 Å². The summed E-state index contributed by atoms with van der Waals surface area (Å²) in [6.45, 7) is 4.92. The highest BCUT2D eigenvalue weighted by molar-refractivity contribution is 9.10. The molecule has 0 aliphatic heterocycles. The molecule has 0 aliphatic rings. The van der Waals surface area contributed by atoms with Crippen LogP contribution in [0.3, 0.4) is 0 Å². The van der Waals surface area contributed by atoms with Crippen molar-refractivity contribution in [2.75, 3.05) is 11.9 Å². The molecule has 4 heteroatoms. The molecule has 0 radical (unpaired) electrons. The molecule has 0 saturated heterocycles. The first-order valence-electron chi connectivity index (χ1n) is 4.77. The van der Waals surface area contributed by atoms with Crippen molar-refractivity contribution in [1.82, 2.24) is 0 Å². The highest BCUT2D eigenvalue weighted by Crippen LogP contribution is 2.21. The van der Waals surface area contributed by atoms with Gasteiger partial charge in [-0.15, -0.1) is 0 Å². The number of nitrogens with one attached hydrogen (secondary N) is 1. The summed E-state index contributed by atoms with van der Waals surface area (Å²) in [7, 11) is 0. The second-order valence-electron chi connectivity index (χ2n) is 3.77. The summed E-state index contributed by atoms with van der Waals surface area (Å²) >= 11 is 3.25. The van der Waals surface area contributed by atoms with Crippen LogP contribution in [0.15, 0.2) is 22.7 Å². The molecule has 3 nitrogen and oxygen atoms in total. The van der Waals surface area contributed by atoms with Crippen LogP contribution in [0.1, 0.15) is 24.2 Å². The van der Waals surface area contributed by atoms with Crippen molar-refractivity contribution in [2.45, 2.75) is 13.8 Å². The lowest BCUT2D eigenvalue weighted by molar-refractivity contribution is 0.0698. The van der Waals surface area contributed by atoms with E-state index in [0.29, 0.717) is 17.2 Å². The van der Waals surface area contributed by atoms with Gasteiger partial charge in [-0.05, 0) is 24.1 Å². The second kappa shape index (κ2) is 5.16. The molecule has 1 aromatic rings. The molecule has 0 saturated carbocycles. The van der Waals surface area contributed by atoms with Crippen molar-refractivity contribution in [3.05, 3.63) is 28.2 Å². The predicted molar refractivity (Wildman–Crippen MR) is 64.4 cm³/mol. The van der Waals surface area contributed by atoms with Crippen LogP contribution in [0, 0.1) is 5.92 Å². The summed E-state index contributed by atoms with van der Waals surface area (Å²) in [5.74, 6) is -0.433. The number of carboxylic acids is 1. The van der Waals surface area contributed by atoms with Crippen LogP contribution in [-0.2, 0) is 0 Å². The van der Waals surface area contributed by atoms with Gasteiger partial charge in [-0.1, -0.05) is 29.8 Å². The van der Waals surface area contributed by atoms with Gasteiger partial charge in [0.25, 0.3) is 0 Å². The number of hydrogen-bond donors (Lipinski definition) is 2. The van der Waals surface area contributed by atoms with Crippen molar-refractivity contribution < 1.29 is 9.90 Å². The number of anilines is 1. The van der Waals surface area contributed by atoms with E-state index in [1.807, 2.05) is 6.07 Å². The molecule has 0 spiro atoms. The smallest absolute Gasteiger partial charge is 0.337 e. The fraction of sp³-hybridized carbons (Fsp3) is 0.364. The van der Waals surface area contributed by atoms with E-state index in [9.17, 15) is 4.79 Å². The Labute approximate surface area is 97.6 Å². The van der Waals surface area contributed by atoms with E-state index in [2.05, 4.69) is 35.1 Å². The van der Waals surface area contributed by atoms with Gasteiger partial charge in [-0.3, -0.25) is 0 Å². The lowest BCUT2D eigenvalue weighted by Crippen LogP contribution is -2.11. The van der Waals surface area contributed by atoms with E-state index in [1.165, 1.54) is 0 Å². The quantitative estimate of drug-likeness (QED) is 0.884. The minimum absolute atomic E-state index is 0.296. The number of rotatable bonds is 4.